The number of sulfone groups is 1. The van der Waals surface area contributed by atoms with Gasteiger partial charge in [0.05, 0.1) is 11.9 Å². The number of hydrogen-bond acceptors (Lipinski definition) is 8. The van der Waals surface area contributed by atoms with Crippen molar-refractivity contribution in [3.8, 4) is 6.01 Å². The van der Waals surface area contributed by atoms with Gasteiger partial charge in [-0.3, -0.25) is 0 Å². The van der Waals surface area contributed by atoms with Gasteiger partial charge >= 0.3 is 6.01 Å². The molecule has 120 valence electrons. The van der Waals surface area contributed by atoms with Gasteiger partial charge in [0.2, 0.25) is 11.9 Å². The standard InChI is InChI=1S/C12H23N5O3S/c1-6-13-10-14-11(16-12(15-10)20-9(2)3)17(4)7-8-21(5,18)19/h9H,6-8H2,1-5H3,(H,13,14,15,16). The zero-order chi connectivity index (χ0) is 16.0. The van der Waals surface area contributed by atoms with E-state index in [1.165, 1.54) is 6.26 Å². The van der Waals surface area contributed by atoms with Crippen molar-refractivity contribution in [1.29, 1.82) is 0 Å². The molecule has 0 bridgehead atoms. The molecule has 0 aliphatic carbocycles. The lowest BCUT2D eigenvalue weighted by Gasteiger charge is -2.18. The summed E-state index contributed by atoms with van der Waals surface area (Å²) < 4.78 is 28.0. The lowest BCUT2D eigenvalue weighted by atomic mass is 10.5. The summed E-state index contributed by atoms with van der Waals surface area (Å²) in [5.41, 5.74) is 0. The van der Waals surface area contributed by atoms with Gasteiger partial charge in [-0.2, -0.15) is 15.0 Å². The second-order valence-electron chi connectivity index (χ2n) is 4.99. The molecule has 0 saturated carbocycles. The molecule has 0 unspecified atom stereocenters. The van der Waals surface area contributed by atoms with Crippen molar-refractivity contribution in [2.75, 3.05) is 42.4 Å². The van der Waals surface area contributed by atoms with E-state index in [1.54, 1.807) is 11.9 Å². The van der Waals surface area contributed by atoms with Crippen LogP contribution in [0.4, 0.5) is 11.9 Å². The molecule has 1 aromatic rings. The molecule has 8 nitrogen and oxygen atoms in total. The van der Waals surface area contributed by atoms with Crippen molar-refractivity contribution in [3.63, 3.8) is 0 Å². The number of rotatable bonds is 8. The van der Waals surface area contributed by atoms with Crippen LogP contribution in [0.25, 0.3) is 0 Å². The highest BCUT2D eigenvalue weighted by Gasteiger charge is 2.13. The molecule has 21 heavy (non-hydrogen) atoms. The van der Waals surface area contributed by atoms with E-state index in [0.29, 0.717) is 25.0 Å². The van der Waals surface area contributed by atoms with Gasteiger partial charge in [-0.25, -0.2) is 8.42 Å². The molecule has 0 fully saturated rings. The average Bonchev–Trinajstić information content (AvgIpc) is 2.34. The van der Waals surface area contributed by atoms with Crippen molar-refractivity contribution >= 4 is 21.7 Å². The third-order valence-electron chi connectivity index (χ3n) is 2.42. The van der Waals surface area contributed by atoms with Crippen LogP contribution >= 0.6 is 0 Å². The zero-order valence-electron chi connectivity index (χ0n) is 13.1. The van der Waals surface area contributed by atoms with Gasteiger partial charge < -0.3 is 15.0 Å². The quantitative estimate of drug-likeness (QED) is 0.743. The molecular weight excluding hydrogens is 294 g/mol. The van der Waals surface area contributed by atoms with E-state index in [2.05, 4.69) is 20.3 Å². The second kappa shape index (κ2) is 7.39. The van der Waals surface area contributed by atoms with Crippen molar-refractivity contribution in [1.82, 2.24) is 15.0 Å². The van der Waals surface area contributed by atoms with Gasteiger partial charge in [0.25, 0.3) is 0 Å². The van der Waals surface area contributed by atoms with Gasteiger partial charge in [-0.1, -0.05) is 0 Å². The van der Waals surface area contributed by atoms with Crippen molar-refractivity contribution in [2.45, 2.75) is 26.9 Å². The van der Waals surface area contributed by atoms with E-state index in [1.807, 2.05) is 20.8 Å². The van der Waals surface area contributed by atoms with E-state index < -0.39 is 9.84 Å². The maximum Gasteiger partial charge on any atom is 0.323 e. The molecule has 1 aromatic heterocycles. The summed E-state index contributed by atoms with van der Waals surface area (Å²) in [5.74, 6) is 0.816. The molecule has 1 N–H and O–H groups in total. The number of anilines is 2. The molecule has 1 heterocycles. The minimum atomic E-state index is -3.04. The lowest BCUT2D eigenvalue weighted by molar-refractivity contribution is 0.222. The van der Waals surface area contributed by atoms with E-state index in [-0.39, 0.29) is 17.9 Å². The molecule has 0 aliphatic rings. The number of nitrogens with zero attached hydrogens (tertiary/aromatic N) is 4. The Morgan fingerprint density at radius 2 is 1.95 bits per heavy atom. The number of aromatic nitrogens is 3. The topological polar surface area (TPSA) is 97.3 Å². The Balaban J connectivity index is 2.95. The van der Waals surface area contributed by atoms with E-state index in [4.69, 9.17) is 4.74 Å². The van der Waals surface area contributed by atoms with Crippen molar-refractivity contribution in [3.05, 3.63) is 0 Å². The van der Waals surface area contributed by atoms with Crippen molar-refractivity contribution < 1.29 is 13.2 Å². The summed E-state index contributed by atoms with van der Waals surface area (Å²) >= 11 is 0. The van der Waals surface area contributed by atoms with Gasteiger partial charge in [0.15, 0.2) is 0 Å². The predicted octanol–water partition coefficient (Wildman–Crippen LogP) is 0.571. The van der Waals surface area contributed by atoms with E-state index >= 15 is 0 Å². The molecule has 0 aliphatic heterocycles. The first-order chi connectivity index (χ1) is 9.71. The van der Waals surface area contributed by atoms with E-state index in [0.717, 1.165) is 0 Å². The third kappa shape index (κ3) is 6.56. The first-order valence-corrected chi connectivity index (χ1v) is 8.82. The van der Waals surface area contributed by atoms with Crippen LogP contribution in [0.3, 0.4) is 0 Å². The molecule has 0 spiro atoms. The third-order valence-corrected chi connectivity index (χ3v) is 3.34. The molecule has 0 aromatic carbocycles. The predicted molar refractivity (Wildman–Crippen MR) is 82.7 cm³/mol. The van der Waals surface area contributed by atoms with Gasteiger partial charge in [-0.05, 0) is 20.8 Å². The number of nitrogens with one attached hydrogen (secondary N) is 1. The molecule has 0 atom stereocenters. The minimum absolute atomic E-state index is 0.0338. The van der Waals surface area contributed by atoms with Gasteiger partial charge in [-0.15, -0.1) is 0 Å². The number of ether oxygens (including phenoxy) is 1. The van der Waals surface area contributed by atoms with Crippen LogP contribution in [0.5, 0.6) is 6.01 Å². The maximum atomic E-state index is 11.2. The Kier molecular flexibility index (Phi) is 6.13. The summed E-state index contributed by atoms with van der Waals surface area (Å²) in [6, 6.07) is 0.220. The highest BCUT2D eigenvalue weighted by Crippen LogP contribution is 2.15. The highest BCUT2D eigenvalue weighted by molar-refractivity contribution is 7.90. The normalized spacial score (nSPS) is 11.5. The first kappa shape index (κ1) is 17.4. The number of hydrogen-bond donors (Lipinski definition) is 1. The smallest absolute Gasteiger partial charge is 0.323 e. The maximum absolute atomic E-state index is 11.2. The van der Waals surface area contributed by atoms with Crippen LogP contribution in [0, 0.1) is 0 Å². The molecule has 1 rings (SSSR count). The average molecular weight is 317 g/mol. The molecule has 9 heteroatoms. The fourth-order valence-corrected chi connectivity index (χ4v) is 2.03. The first-order valence-electron chi connectivity index (χ1n) is 6.76. The van der Waals surface area contributed by atoms with Gasteiger partial charge in [0, 0.05) is 26.4 Å². The zero-order valence-corrected chi connectivity index (χ0v) is 13.9. The highest BCUT2D eigenvalue weighted by atomic mass is 32.2. The second-order valence-corrected chi connectivity index (χ2v) is 7.25. The molecule has 0 saturated heterocycles. The monoisotopic (exact) mass is 317 g/mol. The van der Waals surface area contributed by atoms with Crippen LogP contribution in [0.15, 0.2) is 0 Å². The van der Waals surface area contributed by atoms with Crippen LogP contribution in [0.2, 0.25) is 0 Å². The Labute approximate surface area is 125 Å². The Morgan fingerprint density at radius 3 is 2.48 bits per heavy atom. The summed E-state index contributed by atoms with van der Waals surface area (Å²) in [6.07, 6.45) is 1.14. The summed E-state index contributed by atoms with van der Waals surface area (Å²) in [6.45, 7) is 6.65. The molecular formula is C12H23N5O3S. The minimum Gasteiger partial charge on any atom is -0.461 e. The molecule has 0 radical (unpaired) electrons. The molecule has 0 amide bonds. The van der Waals surface area contributed by atoms with E-state index in [9.17, 15) is 8.42 Å². The fraction of sp³-hybridized carbons (Fsp3) is 0.750. The Hall–Kier alpha value is -1.64. The van der Waals surface area contributed by atoms with Crippen LogP contribution < -0.4 is 15.0 Å². The summed E-state index contributed by atoms with van der Waals surface area (Å²) in [7, 11) is -1.30. The Bertz CT molecular complexity index is 562. The van der Waals surface area contributed by atoms with Crippen LogP contribution in [-0.4, -0.2) is 61.6 Å². The van der Waals surface area contributed by atoms with Crippen LogP contribution in [-0.2, 0) is 9.84 Å². The summed E-state index contributed by atoms with van der Waals surface area (Å²) in [5, 5.41) is 3.00. The SMILES string of the molecule is CCNc1nc(OC(C)C)nc(N(C)CCS(C)(=O)=O)n1. The Morgan fingerprint density at radius 1 is 1.29 bits per heavy atom. The largest absolute Gasteiger partial charge is 0.461 e. The summed E-state index contributed by atoms with van der Waals surface area (Å²) in [4.78, 5) is 14.3. The van der Waals surface area contributed by atoms with Crippen molar-refractivity contribution in [2.24, 2.45) is 0 Å². The lowest BCUT2D eigenvalue weighted by Crippen LogP contribution is -2.27. The fourth-order valence-electron chi connectivity index (χ4n) is 1.42. The van der Waals surface area contributed by atoms with Gasteiger partial charge in [0.1, 0.15) is 9.84 Å². The van der Waals surface area contributed by atoms with Crippen LogP contribution in [0.1, 0.15) is 20.8 Å².